The van der Waals surface area contributed by atoms with Crippen molar-refractivity contribution in [2.24, 2.45) is 0 Å². The fourth-order valence-corrected chi connectivity index (χ4v) is 2.91. The third kappa shape index (κ3) is 5.39. The van der Waals surface area contributed by atoms with Gasteiger partial charge in [0, 0.05) is 43.5 Å². The van der Waals surface area contributed by atoms with Gasteiger partial charge >= 0.3 is 5.97 Å². The summed E-state index contributed by atoms with van der Waals surface area (Å²) >= 11 is 0. The van der Waals surface area contributed by atoms with Crippen LogP contribution in [0.4, 0.5) is 5.69 Å². The predicted octanol–water partition coefficient (Wildman–Crippen LogP) is 3.09. The Kier molecular flexibility index (Phi) is 6.18. The quantitative estimate of drug-likeness (QED) is 0.610. The number of nitrogens with one attached hydrogen (secondary N) is 1. The van der Waals surface area contributed by atoms with Gasteiger partial charge in [-0.1, -0.05) is 30.3 Å². The molecule has 0 spiro atoms. The number of allylic oxidation sites excluding steroid dienone is 1. The number of anilines is 1. The van der Waals surface area contributed by atoms with Crippen LogP contribution in [0.5, 0.6) is 0 Å². The minimum absolute atomic E-state index is 0.0447. The number of hydrogen-bond donors (Lipinski definition) is 2. The molecule has 0 bridgehead atoms. The molecule has 138 valence electrons. The van der Waals surface area contributed by atoms with Gasteiger partial charge in [-0.05, 0) is 47.5 Å². The molecule has 1 aliphatic rings. The monoisotopic (exact) mass is 362 g/mol. The third-order valence-corrected chi connectivity index (χ3v) is 4.42. The minimum Gasteiger partial charge on any atom is -0.478 e. The third-order valence-electron chi connectivity index (χ3n) is 4.42. The van der Waals surface area contributed by atoms with Gasteiger partial charge in [-0.2, -0.15) is 0 Å². The van der Waals surface area contributed by atoms with Gasteiger partial charge in [-0.25, -0.2) is 4.79 Å². The number of piperazine rings is 1. The molecule has 5 heteroatoms. The molecular formula is C22H22N2O3. The molecule has 1 fully saturated rings. The number of rotatable bonds is 6. The molecule has 0 unspecified atom stereocenters. The first kappa shape index (κ1) is 18.6. The predicted molar refractivity (Wildman–Crippen MR) is 108 cm³/mol. The minimum atomic E-state index is -0.979. The lowest BCUT2D eigenvalue weighted by Crippen LogP contribution is -2.43. The molecular weight excluding hydrogens is 340 g/mol. The Bertz CT molecular complexity index is 846. The van der Waals surface area contributed by atoms with Crippen molar-refractivity contribution in [1.82, 2.24) is 5.32 Å². The van der Waals surface area contributed by atoms with Crippen molar-refractivity contribution in [3.05, 3.63) is 77.4 Å². The van der Waals surface area contributed by atoms with E-state index >= 15 is 0 Å². The number of carbonyl (C=O) groups is 2. The first-order chi connectivity index (χ1) is 13.1. The Morgan fingerprint density at radius 1 is 0.852 bits per heavy atom. The molecule has 0 saturated carbocycles. The largest absolute Gasteiger partial charge is 0.478 e. The lowest BCUT2D eigenvalue weighted by Gasteiger charge is -2.29. The van der Waals surface area contributed by atoms with Gasteiger partial charge in [-0.15, -0.1) is 0 Å². The summed E-state index contributed by atoms with van der Waals surface area (Å²) in [4.78, 5) is 25.2. The first-order valence-electron chi connectivity index (χ1n) is 8.91. The van der Waals surface area contributed by atoms with Gasteiger partial charge in [0.25, 0.3) is 0 Å². The van der Waals surface area contributed by atoms with E-state index in [1.807, 2.05) is 48.5 Å². The molecule has 0 aromatic heterocycles. The molecule has 1 saturated heterocycles. The van der Waals surface area contributed by atoms with Gasteiger partial charge in [0.15, 0.2) is 5.78 Å². The maximum Gasteiger partial charge on any atom is 0.328 e. The topological polar surface area (TPSA) is 69.6 Å². The van der Waals surface area contributed by atoms with Crippen LogP contribution in [0.25, 0.3) is 12.2 Å². The average molecular weight is 362 g/mol. The zero-order valence-electron chi connectivity index (χ0n) is 15.0. The molecule has 1 aliphatic heterocycles. The number of nitrogens with zero attached hydrogens (tertiary/aromatic N) is 1. The molecule has 27 heavy (non-hydrogen) atoms. The number of carbonyl (C=O) groups excluding carboxylic acids is 1. The van der Waals surface area contributed by atoms with E-state index in [4.69, 9.17) is 5.11 Å². The van der Waals surface area contributed by atoms with Gasteiger partial charge < -0.3 is 15.3 Å². The number of carboxylic acids is 1. The average Bonchev–Trinajstić information content (AvgIpc) is 2.72. The summed E-state index contributed by atoms with van der Waals surface area (Å²) in [7, 11) is 0. The summed E-state index contributed by atoms with van der Waals surface area (Å²) < 4.78 is 0. The summed E-state index contributed by atoms with van der Waals surface area (Å²) in [6.07, 6.45) is 5.94. The molecule has 1 heterocycles. The Hall–Kier alpha value is -3.18. The zero-order valence-corrected chi connectivity index (χ0v) is 15.0. The second-order valence-corrected chi connectivity index (χ2v) is 6.32. The normalized spacial score (nSPS) is 14.7. The van der Waals surface area contributed by atoms with Crippen LogP contribution < -0.4 is 10.2 Å². The lowest BCUT2D eigenvalue weighted by molar-refractivity contribution is -0.131. The van der Waals surface area contributed by atoms with Crippen LogP contribution in [0.2, 0.25) is 0 Å². The Labute approximate surface area is 158 Å². The Balaban J connectivity index is 1.61. The van der Waals surface area contributed by atoms with E-state index in [2.05, 4.69) is 10.2 Å². The number of benzene rings is 2. The summed E-state index contributed by atoms with van der Waals surface area (Å²) in [6, 6.07) is 15.0. The summed E-state index contributed by atoms with van der Waals surface area (Å²) in [5, 5.41) is 12.0. The van der Waals surface area contributed by atoms with Crippen LogP contribution in [-0.4, -0.2) is 43.0 Å². The van der Waals surface area contributed by atoms with Crippen LogP contribution in [0.15, 0.2) is 60.7 Å². The van der Waals surface area contributed by atoms with Crippen molar-refractivity contribution in [2.45, 2.75) is 0 Å². The number of carboxylic acid groups (broad SMARTS) is 1. The number of hydrogen-bond acceptors (Lipinski definition) is 4. The van der Waals surface area contributed by atoms with Gasteiger partial charge in [-0.3, -0.25) is 4.79 Å². The molecule has 0 radical (unpaired) electrons. The fourth-order valence-electron chi connectivity index (χ4n) is 2.91. The number of ketones is 1. The van der Waals surface area contributed by atoms with Crippen LogP contribution in [0.1, 0.15) is 21.5 Å². The fraction of sp³-hybridized carbons (Fsp3) is 0.182. The Morgan fingerprint density at radius 3 is 1.96 bits per heavy atom. The smallest absolute Gasteiger partial charge is 0.328 e. The zero-order chi connectivity index (χ0) is 19.1. The standard InChI is InChI=1S/C22H22N2O3/c25-21(11-5-17-1-3-18(4-2-17)6-12-22(26)27)19-7-9-20(10-8-19)24-15-13-23-14-16-24/h1-12,23H,13-16H2,(H,26,27)/b11-5+,12-6+. The van der Waals surface area contributed by atoms with Gasteiger partial charge in [0.1, 0.15) is 0 Å². The highest BCUT2D eigenvalue weighted by atomic mass is 16.4. The summed E-state index contributed by atoms with van der Waals surface area (Å²) in [5.41, 5.74) is 3.48. The van der Waals surface area contributed by atoms with E-state index in [1.54, 1.807) is 12.2 Å². The lowest BCUT2D eigenvalue weighted by atomic mass is 10.1. The highest BCUT2D eigenvalue weighted by molar-refractivity contribution is 6.07. The van der Waals surface area contributed by atoms with E-state index in [1.165, 1.54) is 6.08 Å². The first-order valence-corrected chi connectivity index (χ1v) is 8.91. The van der Waals surface area contributed by atoms with Crippen molar-refractivity contribution in [3.8, 4) is 0 Å². The maximum atomic E-state index is 12.4. The van der Waals surface area contributed by atoms with Crippen molar-refractivity contribution < 1.29 is 14.7 Å². The van der Waals surface area contributed by atoms with Crippen molar-refractivity contribution in [2.75, 3.05) is 31.1 Å². The van der Waals surface area contributed by atoms with Crippen molar-refractivity contribution >= 4 is 29.6 Å². The molecule has 0 aliphatic carbocycles. The van der Waals surface area contributed by atoms with Crippen molar-refractivity contribution in [1.29, 1.82) is 0 Å². The molecule has 2 aromatic rings. The summed E-state index contributed by atoms with van der Waals surface area (Å²) in [6.45, 7) is 3.91. The van der Waals surface area contributed by atoms with E-state index in [-0.39, 0.29) is 5.78 Å². The van der Waals surface area contributed by atoms with Crippen molar-refractivity contribution in [3.63, 3.8) is 0 Å². The Morgan fingerprint density at radius 2 is 1.41 bits per heavy atom. The van der Waals surface area contributed by atoms with E-state index in [0.717, 1.165) is 49.1 Å². The molecule has 2 N–H and O–H groups in total. The molecule has 0 atom stereocenters. The second kappa shape index (κ2) is 8.96. The SMILES string of the molecule is O=C(O)/C=C/c1ccc(/C=C/C(=O)c2ccc(N3CCNCC3)cc2)cc1. The summed E-state index contributed by atoms with van der Waals surface area (Å²) in [5.74, 6) is -1.02. The van der Waals surface area contributed by atoms with Crippen LogP contribution in [0.3, 0.4) is 0 Å². The molecule has 0 amide bonds. The highest BCUT2D eigenvalue weighted by Gasteiger charge is 2.10. The molecule has 5 nitrogen and oxygen atoms in total. The highest BCUT2D eigenvalue weighted by Crippen LogP contribution is 2.17. The van der Waals surface area contributed by atoms with Gasteiger partial charge in [0.05, 0.1) is 0 Å². The van der Waals surface area contributed by atoms with Crippen LogP contribution >= 0.6 is 0 Å². The van der Waals surface area contributed by atoms with Gasteiger partial charge in [0.2, 0.25) is 0 Å². The second-order valence-electron chi connectivity index (χ2n) is 6.32. The van der Waals surface area contributed by atoms with E-state index < -0.39 is 5.97 Å². The van der Waals surface area contributed by atoms with E-state index in [0.29, 0.717) is 5.56 Å². The van der Waals surface area contributed by atoms with Crippen LogP contribution in [0, 0.1) is 0 Å². The molecule has 2 aromatic carbocycles. The maximum absolute atomic E-state index is 12.4. The number of aliphatic carboxylic acids is 1. The molecule has 3 rings (SSSR count). The van der Waals surface area contributed by atoms with E-state index in [9.17, 15) is 9.59 Å². The van der Waals surface area contributed by atoms with Crippen LogP contribution in [-0.2, 0) is 4.79 Å².